The topological polar surface area (TPSA) is 63.7 Å². The highest BCUT2D eigenvalue weighted by Crippen LogP contribution is 2.36. The molecule has 2 aromatic heterocycles. The summed E-state index contributed by atoms with van der Waals surface area (Å²) < 4.78 is 5.13. The van der Waals surface area contributed by atoms with Crippen molar-refractivity contribution in [3.05, 3.63) is 48.8 Å². The van der Waals surface area contributed by atoms with Gasteiger partial charge in [0.15, 0.2) is 5.82 Å². The summed E-state index contributed by atoms with van der Waals surface area (Å²) in [5, 5.41) is 7.81. The Bertz CT molecular complexity index is 701. The quantitative estimate of drug-likeness (QED) is 0.725. The molecule has 0 aliphatic heterocycles. The minimum Gasteiger partial charge on any atom is -0.497 e. The maximum Gasteiger partial charge on any atom is 0.219 e. The van der Waals surface area contributed by atoms with Gasteiger partial charge in [0, 0.05) is 22.9 Å². The highest BCUT2D eigenvalue weighted by molar-refractivity contribution is 8.76. The summed E-state index contributed by atoms with van der Waals surface area (Å²) in [6, 6.07) is 11.7. The SMILES string of the molecule is COc1ccc(SSc2n[nH]c(-c3cccnc3)n2)cc1. The molecule has 1 N–H and O–H groups in total. The molecule has 0 aliphatic carbocycles. The summed E-state index contributed by atoms with van der Waals surface area (Å²) in [7, 11) is 4.76. The smallest absolute Gasteiger partial charge is 0.219 e. The minimum atomic E-state index is 0.690. The molecule has 0 fully saturated rings. The first-order chi connectivity index (χ1) is 10.3. The normalized spacial score (nSPS) is 10.5. The summed E-state index contributed by atoms with van der Waals surface area (Å²) in [6.45, 7) is 0. The van der Waals surface area contributed by atoms with Crippen LogP contribution in [-0.2, 0) is 0 Å². The molecule has 5 nitrogen and oxygen atoms in total. The Morgan fingerprint density at radius 1 is 1.10 bits per heavy atom. The van der Waals surface area contributed by atoms with Crippen molar-refractivity contribution in [2.24, 2.45) is 0 Å². The van der Waals surface area contributed by atoms with Crippen molar-refractivity contribution in [2.45, 2.75) is 10.1 Å². The van der Waals surface area contributed by atoms with Gasteiger partial charge in [0.25, 0.3) is 0 Å². The number of hydrogen-bond donors (Lipinski definition) is 1. The molecule has 1 aromatic carbocycles. The molecule has 106 valence electrons. The van der Waals surface area contributed by atoms with E-state index in [9.17, 15) is 0 Å². The van der Waals surface area contributed by atoms with E-state index in [0.717, 1.165) is 22.0 Å². The van der Waals surface area contributed by atoms with Crippen LogP contribution >= 0.6 is 21.6 Å². The molecule has 0 atom stereocenters. The van der Waals surface area contributed by atoms with Gasteiger partial charge in [0.05, 0.1) is 7.11 Å². The van der Waals surface area contributed by atoms with Gasteiger partial charge in [-0.2, -0.15) is 0 Å². The van der Waals surface area contributed by atoms with E-state index in [1.807, 2.05) is 36.4 Å². The van der Waals surface area contributed by atoms with E-state index in [1.54, 1.807) is 30.3 Å². The molecular formula is C14H12N4OS2. The third-order valence-electron chi connectivity index (χ3n) is 2.67. The van der Waals surface area contributed by atoms with Gasteiger partial charge in [-0.1, -0.05) is 0 Å². The van der Waals surface area contributed by atoms with Gasteiger partial charge in [-0.25, -0.2) is 4.98 Å². The van der Waals surface area contributed by atoms with Crippen molar-refractivity contribution in [3.63, 3.8) is 0 Å². The Balaban J connectivity index is 1.64. The predicted octanol–water partition coefficient (Wildman–Crippen LogP) is 3.67. The zero-order valence-electron chi connectivity index (χ0n) is 11.2. The third-order valence-corrected chi connectivity index (χ3v) is 4.83. The molecular weight excluding hydrogens is 304 g/mol. The molecule has 3 rings (SSSR count). The molecule has 2 heterocycles. The van der Waals surface area contributed by atoms with Crippen molar-refractivity contribution in [1.82, 2.24) is 20.2 Å². The number of aromatic amines is 1. The number of hydrogen-bond acceptors (Lipinski definition) is 6. The van der Waals surface area contributed by atoms with Crippen LogP contribution in [0.5, 0.6) is 5.75 Å². The minimum absolute atomic E-state index is 0.690. The number of H-pyrrole nitrogens is 1. The zero-order valence-corrected chi connectivity index (χ0v) is 12.8. The third kappa shape index (κ3) is 3.56. The second kappa shape index (κ2) is 6.64. The van der Waals surface area contributed by atoms with Crippen LogP contribution in [0.1, 0.15) is 0 Å². The standard InChI is InChI=1S/C14H12N4OS2/c1-19-11-4-6-12(7-5-11)20-21-14-16-13(17-18-14)10-3-2-8-15-9-10/h2-9H,1H3,(H,16,17,18). The second-order valence-electron chi connectivity index (χ2n) is 4.05. The lowest BCUT2D eigenvalue weighted by Gasteiger charge is -2.00. The van der Waals surface area contributed by atoms with Crippen LogP contribution in [0.2, 0.25) is 0 Å². The fourth-order valence-electron chi connectivity index (χ4n) is 1.63. The summed E-state index contributed by atoms with van der Waals surface area (Å²) in [6.07, 6.45) is 3.49. The van der Waals surface area contributed by atoms with Gasteiger partial charge in [0.1, 0.15) is 5.75 Å². The predicted molar refractivity (Wildman–Crippen MR) is 84.3 cm³/mol. The van der Waals surface area contributed by atoms with Gasteiger partial charge in [0.2, 0.25) is 5.16 Å². The van der Waals surface area contributed by atoms with E-state index in [1.165, 1.54) is 10.8 Å². The number of rotatable bonds is 5. The largest absolute Gasteiger partial charge is 0.497 e. The highest BCUT2D eigenvalue weighted by atomic mass is 33.1. The molecule has 0 aliphatic rings. The Labute approximate surface area is 130 Å². The molecule has 3 aromatic rings. The van der Waals surface area contributed by atoms with Gasteiger partial charge in [-0.3, -0.25) is 10.1 Å². The van der Waals surface area contributed by atoms with Crippen LogP contribution in [0, 0.1) is 0 Å². The molecule has 0 saturated heterocycles. The van der Waals surface area contributed by atoms with Gasteiger partial charge < -0.3 is 4.74 Å². The summed E-state index contributed by atoms with van der Waals surface area (Å²) in [4.78, 5) is 9.63. The van der Waals surface area contributed by atoms with E-state index in [2.05, 4.69) is 20.2 Å². The molecule has 0 unspecified atom stereocenters. The average molecular weight is 316 g/mol. The van der Waals surface area contributed by atoms with E-state index >= 15 is 0 Å². The van der Waals surface area contributed by atoms with Crippen LogP contribution in [0.3, 0.4) is 0 Å². The molecule has 0 saturated carbocycles. The van der Waals surface area contributed by atoms with Crippen LogP contribution in [0.25, 0.3) is 11.4 Å². The van der Waals surface area contributed by atoms with Crippen LogP contribution in [0.15, 0.2) is 58.8 Å². The number of aromatic nitrogens is 4. The molecule has 21 heavy (non-hydrogen) atoms. The fourth-order valence-corrected chi connectivity index (χ4v) is 3.33. The van der Waals surface area contributed by atoms with Crippen LogP contribution in [-0.4, -0.2) is 27.3 Å². The number of benzene rings is 1. The first-order valence-corrected chi connectivity index (χ1v) is 8.31. The monoisotopic (exact) mass is 316 g/mol. The summed E-state index contributed by atoms with van der Waals surface area (Å²) >= 11 is 0. The first kappa shape index (κ1) is 14.0. The van der Waals surface area contributed by atoms with Crippen LogP contribution < -0.4 is 4.74 Å². The Hall–Kier alpha value is -1.99. The fraction of sp³-hybridized carbons (Fsp3) is 0.0714. The molecule has 7 heteroatoms. The number of methoxy groups -OCH3 is 1. The lowest BCUT2D eigenvalue weighted by atomic mass is 10.3. The van der Waals surface area contributed by atoms with Crippen molar-refractivity contribution in [3.8, 4) is 17.1 Å². The van der Waals surface area contributed by atoms with E-state index in [4.69, 9.17) is 4.74 Å². The molecule has 0 bridgehead atoms. The maximum absolute atomic E-state index is 5.13. The van der Waals surface area contributed by atoms with Crippen molar-refractivity contribution in [1.29, 1.82) is 0 Å². The van der Waals surface area contributed by atoms with E-state index < -0.39 is 0 Å². The lowest BCUT2D eigenvalue weighted by molar-refractivity contribution is 0.414. The number of nitrogens with zero attached hydrogens (tertiary/aromatic N) is 3. The molecule has 0 spiro atoms. The summed E-state index contributed by atoms with van der Waals surface area (Å²) in [5.41, 5.74) is 0.922. The number of pyridine rings is 1. The van der Waals surface area contributed by atoms with Crippen molar-refractivity contribution < 1.29 is 4.74 Å². The first-order valence-electron chi connectivity index (χ1n) is 6.16. The van der Waals surface area contributed by atoms with E-state index in [-0.39, 0.29) is 0 Å². The van der Waals surface area contributed by atoms with Crippen molar-refractivity contribution in [2.75, 3.05) is 7.11 Å². The van der Waals surface area contributed by atoms with Crippen LogP contribution in [0.4, 0.5) is 0 Å². The zero-order chi connectivity index (χ0) is 14.5. The second-order valence-corrected chi connectivity index (χ2v) is 6.22. The van der Waals surface area contributed by atoms with Gasteiger partial charge >= 0.3 is 0 Å². The molecule has 0 radical (unpaired) electrons. The Kier molecular flexibility index (Phi) is 4.42. The Morgan fingerprint density at radius 3 is 2.67 bits per heavy atom. The number of nitrogens with one attached hydrogen (secondary N) is 1. The maximum atomic E-state index is 5.13. The molecule has 0 amide bonds. The highest BCUT2D eigenvalue weighted by Gasteiger charge is 2.07. The Morgan fingerprint density at radius 2 is 1.95 bits per heavy atom. The van der Waals surface area contributed by atoms with Gasteiger partial charge in [-0.15, -0.1) is 5.10 Å². The van der Waals surface area contributed by atoms with Gasteiger partial charge in [-0.05, 0) is 58.0 Å². The average Bonchev–Trinajstić information content (AvgIpc) is 3.03. The summed E-state index contributed by atoms with van der Waals surface area (Å²) in [5.74, 6) is 1.57. The lowest BCUT2D eigenvalue weighted by Crippen LogP contribution is -1.81. The van der Waals surface area contributed by atoms with Crippen molar-refractivity contribution >= 4 is 21.6 Å². The van der Waals surface area contributed by atoms with E-state index in [0.29, 0.717) is 5.16 Å². The number of ether oxygens (including phenoxy) is 1.